The number of benzene rings is 3. The maximum absolute atomic E-state index is 13.1. The Labute approximate surface area is 211 Å². The zero-order chi connectivity index (χ0) is 26.6. The first-order valence-electron chi connectivity index (χ1n) is 11.6. The van der Waals surface area contributed by atoms with Crippen molar-refractivity contribution < 1.29 is 37.0 Å². The van der Waals surface area contributed by atoms with Gasteiger partial charge in [0.15, 0.2) is 0 Å². The molecule has 4 rings (SSSR count). The number of carbonyl (C=O) groups excluding carboxylic acids is 2. The number of fused-ring (bicyclic) bond motifs is 1. The Bertz CT molecular complexity index is 1410. The highest BCUT2D eigenvalue weighted by atomic mass is 19.4. The van der Waals surface area contributed by atoms with Gasteiger partial charge >= 0.3 is 18.1 Å². The lowest BCUT2D eigenvalue weighted by atomic mass is 10.1. The highest BCUT2D eigenvalue weighted by Crippen LogP contribution is 2.36. The fourth-order valence-electron chi connectivity index (χ4n) is 4.05. The Morgan fingerprint density at radius 3 is 2.11 bits per heavy atom. The van der Waals surface area contributed by atoms with E-state index in [0.717, 1.165) is 17.8 Å². The summed E-state index contributed by atoms with van der Waals surface area (Å²) in [5.74, 6) is -0.632. The normalized spacial score (nSPS) is 11.4. The van der Waals surface area contributed by atoms with Crippen LogP contribution >= 0.6 is 0 Å². The maximum Gasteiger partial charge on any atom is 0.416 e. The van der Waals surface area contributed by atoms with Gasteiger partial charge in [-0.3, -0.25) is 4.79 Å². The second-order valence-electron chi connectivity index (χ2n) is 8.00. The molecule has 0 aliphatic rings. The Morgan fingerprint density at radius 1 is 0.838 bits per heavy atom. The molecule has 0 bridgehead atoms. The highest BCUT2D eigenvalue weighted by Gasteiger charge is 2.30. The van der Waals surface area contributed by atoms with Crippen LogP contribution < -0.4 is 4.74 Å². The number of aromatic nitrogens is 1. The average Bonchev–Trinajstić information content (AvgIpc) is 3.17. The largest absolute Gasteiger partial charge is 0.466 e. The Kier molecular flexibility index (Phi) is 7.52. The van der Waals surface area contributed by atoms with Crippen LogP contribution in [0.2, 0.25) is 0 Å². The standard InChI is InChI=1S/C28H24F3NO5/c1-3-35-25(33)17-24-26(27(34)36-4-2)22-16-21(37-20-12-10-18(11-13-20)28(29,30)31)14-15-23(22)32(24)19-8-6-5-7-9-19/h5-16H,3-4,17H2,1-2H3. The number of hydrogen-bond donors (Lipinski definition) is 0. The monoisotopic (exact) mass is 511 g/mol. The number of hydrogen-bond acceptors (Lipinski definition) is 5. The summed E-state index contributed by atoms with van der Waals surface area (Å²) in [6.07, 6.45) is -4.64. The fourth-order valence-corrected chi connectivity index (χ4v) is 4.05. The highest BCUT2D eigenvalue weighted by molar-refractivity contribution is 6.07. The molecule has 1 aromatic heterocycles. The molecule has 0 spiro atoms. The van der Waals surface area contributed by atoms with E-state index in [1.165, 1.54) is 12.1 Å². The van der Waals surface area contributed by atoms with Crippen LogP contribution in [0.5, 0.6) is 11.5 Å². The van der Waals surface area contributed by atoms with Crippen molar-refractivity contribution in [3.05, 3.63) is 89.6 Å². The number of nitrogens with zero attached hydrogens (tertiary/aromatic N) is 1. The lowest BCUT2D eigenvalue weighted by molar-refractivity contribution is -0.142. The van der Waals surface area contributed by atoms with Gasteiger partial charge in [-0.25, -0.2) is 4.79 Å². The van der Waals surface area contributed by atoms with Crippen molar-refractivity contribution in [3.63, 3.8) is 0 Å². The summed E-state index contributed by atoms with van der Waals surface area (Å²) < 4.78 is 56.8. The van der Waals surface area contributed by atoms with Crippen LogP contribution in [0.25, 0.3) is 16.6 Å². The van der Waals surface area contributed by atoms with E-state index in [1.54, 1.807) is 36.6 Å². The van der Waals surface area contributed by atoms with Crippen LogP contribution in [0.3, 0.4) is 0 Å². The molecule has 0 fully saturated rings. The maximum atomic E-state index is 13.1. The average molecular weight is 511 g/mol. The molecule has 0 saturated heterocycles. The zero-order valence-corrected chi connectivity index (χ0v) is 20.2. The first kappa shape index (κ1) is 25.8. The van der Waals surface area contributed by atoms with Crippen molar-refractivity contribution in [2.24, 2.45) is 0 Å². The second-order valence-corrected chi connectivity index (χ2v) is 8.00. The molecular formula is C28H24F3NO5. The van der Waals surface area contributed by atoms with E-state index in [-0.39, 0.29) is 30.9 Å². The van der Waals surface area contributed by atoms with E-state index < -0.39 is 23.7 Å². The number of rotatable bonds is 8. The van der Waals surface area contributed by atoms with Gasteiger partial charge in [0.1, 0.15) is 11.5 Å². The number of alkyl halides is 3. The molecule has 9 heteroatoms. The molecular weight excluding hydrogens is 487 g/mol. The minimum Gasteiger partial charge on any atom is -0.466 e. The van der Waals surface area contributed by atoms with Gasteiger partial charge in [-0.15, -0.1) is 0 Å². The molecule has 0 saturated carbocycles. The van der Waals surface area contributed by atoms with Crippen molar-refractivity contribution in [3.8, 4) is 17.2 Å². The van der Waals surface area contributed by atoms with Crippen molar-refractivity contribution in [1.82, 2.24) is 4.57 Å². The molecule has 37 heavy (non-hydrogen) atoms. The third-order valence-electron chi connectivity index (χ3n) is 5.57. The second kappa shape index (κ2) is 10.8. The van der Waals surface area contributed by atoms with Crippen molar-refractivity contribution >= 4 is 22.8 Å². The molecule has 0 N–H and O–H groups in total. The molecule has 192 valence electrons. The number of ether oxygens (including phenoxy) is 3. The lowest BCUT2D eigenvalue weighted by Gasteiger charge is -2.12. The molecule has 6 nitrogen and oxygen atoms in total. The van der Waals surface area contributed by atoms with Gasteiger partial charge in [0.2, 0.25) is 0 Å². The van der Waals surface area contributed by atoms with Gasteiger partial charge < -0.3 is 18.8 Å². The molecule has 0 radical (unpaired) electrons. The van der Waals surface area contributed by atoms with Crippen LogP contribution in [0.15, 0.2) is 72.8 Å². The van der Waals surface area contributed by atoms with Crippen molar-refractivity contribution in [1.29, 1.82) is 0 Å². The Hall–Kier alpha value is -4.27. The molecule has 0 aliphatic heterocycles. The third-order valence-corrected chi connectivity index (χ3v) is 5.57. The SMILES string of the molecule is CCOC(=O)Cc1c(C(=O)OCC)c2cc(Oc3ccc(C(F)(F)F)cc3)ccc2n1-c1ccccc1. The number of carbonyl (C=O) groups is 2. The van der Waals surface area contributed by atoms with Crippen molar-refractivity contribution in [2.75, 3.05) is 13.2 Å². The number of halogens is 3. The summed E-state index contributed by atoms with van der Waals surface area (Å²) in [5.41, 5.74) is 1.13. The van der Waals surface area contributed by atoms with E-state index >= 15 is 0 Å². The molecule has 3 aromatic carbocycles. The van der Waals surface area contributed by atoms with E-state index in [2.05, 4.69) is 0 Å². The minimum absolute atomic E-state index is 0.122. The Balaban J connectivity index is 1.86. The van der Waals surface area contributed by atoms with Crippen molar-refractivity contribution in [2.45, 2.75) is 26.4 Å². The summed E-state index contributed by atoms with van der Waals surface area (Å²) in [6.45, 7) is 3.68. The quantitative estimate of drug-likeness (QED) is 0.246. The van der Waals surface area contributed by atoms with Crippen LogP contribution in [0, 0.1) is 0 Å². The summed E-state index contributed by atoms with van der Waals surface area (Å²) in [7, 11) is 0. The molecule has 1 heterocycles. The summed E-state index contributed by atoms with van der Waals surface area (Å²) >= 11 is 0. The van der Waals surface area contributed by atoms with Crippen LogP contribution in [0.1, 0.15) is 35.5 Å². The third kappa shape index (κ3) is 5.61. The van der Waals surface area contributed by atoms with Gasteiger partial charge in [0, 0.05) is 16.8 Å². The summed E-state index contributed by atoms with van der Waals surface area (Å²) in [4.78, 5) is 25.6. The van der Waals surface area contributed by atoms with Gasteiger partial charge in [0.05, 0.1) is 36.3 Å². The van der Waals surface area contributed by atoms with E-state index in [0.29, 0.717) is 22.3 Å². The molecule has 0 unspecified atom stereocenters. The smallest absolute Gasteiger partial charge is 0.416 e. The van der Waals surface area contributed by atoms with Gasteiger partial charge in [-0.05, 0) is 68.4 Å². The number of esters is 2. The molecule has 0 aliphatic carbocycles. The summed E-state index contributed by atoms with van der Waals surface area (Å²) in [6, 6.07) is 18.5. The first-order valence-corrected chi connectivity index (χ1v) is 11.6. The molecule has 0 amide bonds. The predicted octanol–water partition coefficient (Wildman–Crippen LogP) is 6.72. The van der Waals surface area contributed by atoms with E-state index in [4.69, 9.17) is 14.2 Å². The topological polar surface area (TPSA) is 66.8 Å². The van der Waals surface area contributed by atoms with E-state index in [9.17, 15) is 22.8 Å². The van der Waals surface area contributed by atoms with Crippen LogP contribution in [-0.2, 0) is 26.9 Å². The fraction of sp³-hybridized carbons (Fsp3) is 0.214. The Morgan fingerprint density at radius 2 is 1.49 bits per heavy atom. The first-order chi connectivity index (χ1) is 17.7. The van der Waals surface area contributed by atoms with Gasteiger partial charge in [0.25, 0.3) is 0 Å². The number of para-hydroxylation sites is 1. The van der Waals surface area contributed by atoms with Gasteiger partial charge in [-0.1, -0.05) is 18.2 Å². The summed E-state index contributed by atoms with van der Waals surface area (Å²) in [5, 5.41) is 0.464. The lowest BCUT2D eigenvalue weighted by Crippen LogP contribution is -2.15. The van der Waals surface area contributed by atoms with Crippen LogP contribution in [0.4, 0.5) is 13.2 Å². The molecule has 0 atom stereocenters. The predicted molar refractivity (Wildman–Crippen MR) is 131 cm³/mol. The zero-order valence-electron chi connectivity index (χ0n) is 20.2. The van der Waals surface area contributed by atoms with E-state index in [1.807, 2.05) is 30.3 Å². The minimum atomic E-state index is -4.46. The van der Waals surface area contributed by atoms with Gasteiger partial charge in [-0.2, -0.15) is 13.2 Å². The molecule has 4 aromatic rings. The van der Waals surface area contributed by atoms with Crippen LogP contribution in [-0.4, -0.2) is 29.7 Å².